The first kappa shape index (κ1) is 25.6. The number of anilines is 1. The van der Waals surface area contributed by atoms with Gasteiger partial charge in [0.25, 0.3) is 10.0 Å². The molecular formula is C29H34N4O2S. The van der Waals surface area contributed by atoms with E-state index in [1.165, 1.54) is 32.1 Å². The molecule has 6 nitrogen and oxygen atoms in total. The van der Waals surface area contributed by atoms with Crippen molar-refractivity contribution in [3.63, 3.8) is 0 Å². The number of nitrogens with zero attached hydrogens (tertiary/aromatic N) is 3. The standard InChI is InChI=1S/C29H34N4O2S/c1-3-4-5-6-7-12-21-33-28-16-11-10-15-27(28)31-29(33)30-22-24-13-8-9-14-26(24)32-36(34,35)25-19-17-23(2)18-20-25/h8-11,13-20,22,32H,3-7,12,21H2,1-2H3/b30-22+. The maximum atomic E-state index is 13.0. The molecule has 0 radical (unpaired) electrons. The lowest BCUT2D eigenvalue weighted by molar-refractivity contribution is 0.565. The van der Waals surface area contributed by atoms with Crippen molar-refractivity contribution >= 4 is 38.9 Å². The lowest BCUT2D eigenvalue weighted by Gasteiger charge is -2.11. The second kappa shape index (κ2) is 12.0. The van der Waals surface area contributed by atoms with Gasteiger partial charge >= 0.3 is 0 Å². The Bertz CT molecular complexity index is 1420. The monoisotopic (exact) mass is 502 g/mol. The second-order valence-electron chi connectivity index (χ2n) is 9.08. The van der Waals surface area contributed by atoms with Gasteiger partial charge in [-0.25, -0.2) is 18.4 Å². The van der Waals surface area contributed by atoms with E-state index in [4.69, 9.17) is 9.98 Å². The van der Waals surface area contributed by atoms with Crippen molar-refractivity contribution < 1.29 is 8.42 Å². The molecule has 7 heteroatoms. The van der Waals surface area contributed by atoms with Crippen molar-refractivity contribution in [3.05, 3.63) is 83.9 Å². The normalized spacial score (nSPS) is 11.9. The maximum absolute atomic E-state index is 13.0. The number of fused-ring (bicyclic) bond motifs is 1. The molecule has 0 aliphatic carbocycles. The molecule has 188 valence electrons. The van der Waals surface area contributed by atoms with Crippen LogP contribution in [0.4, 0.5) is 11.6 Å². The van der Waals surface area contributed by atoms with E-state index in [1.54, 1.807) is 42.6 Å². The number of nitrogens with one attached hydrogen (secondary N) is 1. The first-order chi connectivity index (χ1) is 17.5. The third-order valence-corrected chi connectivity index (χ3v) is 7.61. The molecular weight excluding hydrogens is 468 g/mol. The Balaban J connectivity index is 1.56. The number of aliphatic imine (C=N–C) groups is 1. The largest absolute Gasteiger partial charge is 0.308 e. The van der Waals surface area contributed by atoms with Crippen LogP contribution in [0.2, 0.25) is 0 Å². The van der Waals surface area contributed by atoms with Crippen LogP contribution < -0.4 is 4.72 Å². The summed E-state index contributed by atoms with van der Waals surface area (Å²) in [6, 6.07) is 22.1. The molecule has 0 unspecified atom stereocenters. The van der Waals surface area contributed by atoms with E-state index >= 15 is 0 Å². The number of imidazole rings is 1. The minimum atomic E-state index is -3.72. The molecule has 0 fully saturated rings. The van der Waals surface area contributed by atoms with Gasteiger partial charge in [0.05, 0.1) is 21.6 Å². The highest BCUT2D eigenvalue weighted by atomic mass is 32.2. The number of aromatic nitrogens is 2. The number of unbranched alkanes of at least 4 members (excludes halogenated alkanes) is 5. The number of hydrogen-bond acceptors (Lipinski definition) is 4. The fourth-order valence-corrected chi connectivity index (χ4v) is 5.27. The summed E-state index contributed by atoms with van der Waals surface area (Å²) < 4.78 is 30.8. The Kier molecular flexibility index (Phi) is 8.54. The molecule has 0 spiro atoms. The van der Waals surface area contributed by atoms with Gasteiger partial charge in [0.2, 0.25) is 5.95 Å². The zero-order chi connectivity index (χ0) is 25.4. The van der Waals surface area contributed by atoms with Gasteiger partial charge in [0, 0.05) is 18.3 Å². The van der Waals surface area contributed by atoms with Crippen molar-refractivity contribution in [1.82, 2.24) is 9.55 Å². The van der Waals surface area contributed by atoms with Crippen LogP contribution in [-0.4, -0.2) is 24.2 Å². The molecule has 0 amide bonds. The van der Waals surface area contributed by atoms with Gasteiger partial charge in [-0.3, -0.25) is 4.72 Å². The molecule has 0 saturated heterocycles. The Morgan fingerprint density at radius 3 is 2.39 bits per heavy atom. The van der Waals surface area contributed by atoms with E-state index in [0.29, 0.717) is 17.2 Å². The van der Waals surface area contributed by atoms with E-state index < -0.39 is 10.0 Å². The lowest BCUT2D eigenvalue weighted by Crippen LogP contribution is -2.14. The van der Waals surface area contributed by atoms with E-state index in [2.05, 4.69) is 22.3 Å². The van der Waals surface area contributed by atoms with Crippen LogP contribution in [0.1, 0.15) is 56.6 Å². The Labute approximate surface area is 214 Å². The molecule has 3 aromatic carbocycles. The summed E-state index contributed by atoms with van der Waals surface area (Å²) in [7, 11) is -3.72. The van der Waals surface area contributed by atoms with Crippen molar-refractivity contribution in [1.29, 1.82) is 0 Å². The molecule has 0 atom stereocenters. The van der Waals surface area contributed by atoms with Gasteiger partial charge in [-0.15, -0.1) is 0 Å². The van der Waals surface area contributed by atoms with Crippen molar-refractivity contribution in [2.75, 3.05) is 4.72 Å². The van der Waals surface area contributed by atoms with Gasteiger partial charge < -0.3 is 4.57 Å². The maximum Gasteiger partial charge on any atom is 0.261 e. The van der Waals surface area contributed by atoms with E-state index in [9.17, 15) is 8.42 Å². The predicted octanol–water partition coefficient (Wildman–Crippen LogP) is 7.26. The average Bonchev–Trinajstić information content (AvgIpc) is 3.23. The first-order valence-electron chi connectivity index (χ1n) is 12.7. The van der Waals surface area contributed by atoms with Crippen LogP contribution in [0.5, 0.6) is 0 Å². The third-order valence-electron chi connectivity index (χ3n) is 6.23. The average molecular weight is 503 g/mol. The van der Waals surface area contributed by atoms with E-state index in [0.717, 1.165) is 29.6 Å². The van der Waals surface area contributed by atoms with Crippen LogP contribution in [0.25, 0.3) is 11.0 Å². The molecule has 4 aromatic rings. The fraction of sp³-hybridized carbons (Fsp3) is 0.310. The van der Waals surface area contributed by atoms with Gasteiger partial charge in [-0.2, -0.15) is 0 Å². The molecule has 36 heavy (non-hydrogen) atoms. The van der Waals surface area contributed by atoms with Gasteiger partial charge in [-0.1, -0.05) is 87.1 Å². The summed E-state index contributed by atoms with van der Waals surface area (Å²) in [5, 5.41) is 0. The molecule has 0 saturated carbocycles. The van der Waals surface area contributed by atoms with Crippen molar-refractivity contribution in [2.24, 2.45) is 4.99 Å². The number of sulfonamides is 1. The summed E-state index contributed by atoms with van der Waals surface area (Å²) >= 11 is 0. The first-order valence-corrected chi connectivity index (χ1v) is 14.1. The molecule has 1 aromatic heterocycles. The SMILES string of the molecule is CCCCCCCCn1c(/N=C/c2ccccc2NS(=O)(=O)c2ccc(C)cc2)nc2ccccc21. The highest BCUT2D eigenvalue weighted by Gasteiger charge is 2.15. The quantitative estimate of drug-likeness (QED) is 0.164. The zero-order valence-corrected chi connectivity index (χ0v) is 21.8. The number of para-hydroxylation sites is 3. The van der Waals surface area contributed by atoms with Crippen molar-refractivity contribution in [2.45, 2.75) is 63.8 Å². The van der Waals surface area contributed by atoms with Crippen LogP contribution in [0.15, 0.2) is 82.7 Å². The predicted molar refractivity (Wildman–Crippen MR) is 149 cm³/mol. The Morgan fingerprint density at radius 2 is 1.58 bits per heavy atom. The number of benzene rings is 3. The van der Waals surface area contributed by atoms with Gasteiger partial charge in [0.1, 0.15) is 0 Å². The van der Waals surface area contributed by atoms with E-state index in [1.807, 2.05) is 37.3 Å². The van der Waals surface area contributed by atoms with E-state index in [-0.39, 0.29) is 4.90 Å². The summed E-state index contributed by atoms with van der Waals surface area (Å²) in [6.07, 6.45) is 8.99. The molecule has 1 N–H and O–H groups in total. The number of aryl methyl sites for hydroxylation is 2. The van der Waals surface area contributed by atoms with Crippen molar-refractivity contribution in [3.8, 4) is 0 Å². The summed E-state index contributed by atoms with van der Waals surface area (Å²) in [5.41, 5.74) is 4.12. The highest BCUT2D eigenvalue weighted by molar-refractivity contribution is 7.92. The second-order valence-corrected chi connectivity index (χ2v) is 10.8. The lowest BCUT2D eigenvalue weighted by atomic mass is 10.1. The van der Waals surface area contributed by atoms with Crippen LogP contribution in [0.3, 0.4) is 0 Å². The number of rotatable bonds is 12. The summed E-state index contributed by atoms with van der Waals surface area (Å²) in [4.78, 5) is 9.67. The molecule has 0 aliphatic heterocycles. The molecule has 0 aliphatic rings. The minimum Gasteiger partial charge on any atom is -0.308 e. The summed E-state index contributed by atoms with van der Waals surface area (Å²) in [5.74, 6) is 0.626. The minimum absolute atomic E-state index is 0.223. The highest BCUT2D eigenvalue weighted by Crippen LogP contribution is 2.24. The van der Waals surface area contributed by atoms with Crippen LogP contribution in [0, 0.1) is 6.92 Å². The zero-order valence-electron chi connectivity index (χ0n) is 21.0. The fourth-order valence-electron chi connectivity index (χ4n) is 4.18. The van der Waals surface area contributed by atoms with Crippen LogP contribution >= 0.6 is 0 Å². The smallest absolute Gasteiger partial charge is 0.261 e. The summed E-state index contributed by atoms with van der Waals surface area (Å²) in [6.45, 7) is 5.00. The third kappa shape index (κ3) is 6.40. The molecule has 4 rings (SSSR count). The number of hydrogen-bond donors (Lipinski definition) is 1. The Hall–Kier alpha value is -3.45. The van der Waals surface area contributed by atoms with Crippen LogP contribution in [-0.2, 0) is 16.6 Å². The van der Waals surface area contributed by atoms with Gasteiger partial charge in [-0.05, 0) is 43.7 Å². The topological polar surface area (TPSA) is 76.3 Å². The molecule has 0 bridgehead atoms. The van der Waals surface area contributed by atoms with Gasteiger partial charge in [0.15, 0.2) is 0 Å². The molecule has 1 heterocycles. The Morgan fingerprint density at radius 1 is 0.889 bits per heavy atom.